The monoisotopic (exact) mass is 338 g/mol. The van der Waals surface area contributed by atoms with Crippen LogP contribution in [0.2, 0.25) is 0 Å². The van der Waals surface area contributed by atoms with E-state index in [-0.39, 0.29) is 11.5 Å². The van der Waals surface area contributed by atoms with Gasteiger partial charge in [-0.1, -0.05) is 36.4 Å². The molecule has 0 bridgehead atoms. The summed E-state index contributed by atoms with van der Waals surface area (Å²) in [7, 11) is 7.76. The van der Waals surface area contributed by atoms with Gasteiger partial charge in [0.15, 0.2) is 5.78 Å². The van der Waals surface area contributed by atoms with E-state index < -0.39 is 0 Å². The first-order chi connectivity index (χ1) is 11.9. The van der Waals surface area contributed by atoms with Gasteiger partial charge in [0.1, 0.15) is 5.75 Å². The van der Waals surface area contributed by atoms with E-state index in [0.717, 1.165) is 16.7 Å². The molecule has 4 heteroatoms. The Morgan fingerprint density at radius 2 is 1.48 bits per heavy atom. The number of carbonyl (C=O) groups is 1. The lowest BCUT2D eigenvalue weighted by Crippen LogP contribution is -2.15. The van der Waals surface area contributed by atoms with Gasteiger partial charge in [0, 0.05) is 29.8 Å². The second kappa shape index (κ2) is 8.60. The maximum Gasteiger partial charge on any atom is 0.185 e. The molecular weight excluding hydrogens is 312 g/mol. The zero-order valence-electron chi connectivity index (χ0n) is 15.4. The number of rotatable bonds is 7. The van der Waals surface area contributed by atoms with Crippen LogP contribution < -0.4 is 0 Å². The van der Waals surface area contributed by atoms with E-state index in [9.17, 15) is 9.90 Å². The molecule has 0 fully saturated rings. The first kappa shape index (κ1) is 18.9. The van der Waals surface area contributed by atoms with Gasteiger partial charge in [-0.25, -0.2) is 0 Å². The quantitative estimate of drug-likeness (QED) is 0.621. The Kier molecular flexibility index (Phi) is 6.51. The van der Waals surface area contributed by atoms with E-state index >= 15 is 0 Å². The molecule has 132 valence electrons. The number of allylic oxidation sites excluding steroid dienone is 1. The molecule has 4 nitrogen and oxygen atoms in total. The number of phenols is 1. The van der Waals surface area contributed by atoms with Gasteiger partial charge < -0.3 is 14.9 Å². The minimum Gasteiger partial charge on any atom is -0.507 e. The number of ketones is 1. The molecule has 0 heterocycles. The third-order valence-corrected chi connectivity index (χ3v) is 3.75. The van der Waals surface area contributed by atoms with Crippen molar-refractivity contribution < 1.29 is 9.90 Å². The zero-order valence-corrected chi connectivity index (χ0v) is 15.4. The largest absolute Gasteiger partial charge is 0.507 e. The minimum atomic E-state index is -0.0659. The van der Waals surface area contributed by atoms with Gasteiger partial charge >= 0.3 is 0 Å². The molecule has 0 aliphatic heterocycles. The van der Waals surface area contributed by atoms with Gasteiger partial charge in [0.05, 0.1) is 0 Å². The fraction of sp³-hybridized carbons (Fsp3) is 0.286. The highest BCUT2D eigenvalue weighted by molar-refractivity contribution is 6.07. The number of nitrogens with zero attached hydrogens (tertiary/aromatic N) is 2. The highest BCUT2D eigenvalue weighted by Crippen LogP contribution is 2.27. The first-order valence-corrected chi connectivity index (χ1v) is 8.28. The Hall–Kier alpha value is -2.43. The predicted octanol–water partition coefficient (Wildman–Crippen LogP) is 3.41. The van der Waals surface area contributed by atoms with Crippen molar-refractivity contribution in [3.8, 4) is 5.75 Å². The van der Waals surface area contributed by atoms with Gasteiger partial charge in [-0.3, -0.25) is 4.79 Å². The molecule has 2 aromatic rings. The summed E-state index contributed by atoms with van der Waals surface area (Å²) >= 11 is 0. The summed E-state index contributed by atoms with van der Waals surface area (Å²) in [5, 5.41) is 10.5. The van der Waals surface area contributed by atoms with Gasteiger partial charge in [-0.2, -0.15) is 0 Å². The summed E-state index contributed by atoms with van der Waals surface area (Å²) < 4.78 is 0. The standard InChI is InChI=1S/C21H26N2O2/c1-22(2)14-18-12-17(13-19(21(18)25)15-23(3)4)20(24)11-10-16-8-6-5-7-9-16/h5-13,25H,14-15H2,1-4H3/b11-10-. The molecule has 0 saturated heterocycles. The van der Waals surface area contributed by atoms with E-state index in [0.29, 0.717) is 18.7 Å². The molecule has 2 rings (SSSR count). The Morgan fingerprint density at radius 1 is 0.960 bits per heavy atom. The fourth-order valence-electron chi connectivity index (χ4n) is 2.66. The van der Waals surface area contributed by atoms with Crippen LogP contribution in [0.25, 0.3) is 6.08 Å². The molecule has 0 atom stereocenters. The molecule has 0 aliphatic rings. The number of benzene rings is 2. The van der Waals surface area contributed by atoms with Crippen LogP contribution in [-0.2, 0) is 13.1 Å². The van der Waals surface area contributed by atoms with Crippen molar-refractivity contribution in [2.75, 3.05) is 28.2 Å². The minimum absolute atomic E-state index is 0.0659. The summed E-state index contributed by atoms with van der Waals surface area (Å²) in [5.74, 6) is 0.204. The molecule has 0 amide bonds. The van der Waals surface area contributed by atoms with Gasteiger partial charge in [0.25, 0.3) is 0 Å². The Labute approximate surface area is 150 Å². The molecule has 0 spiro atoms. The van der Waals surface area contributed by atoms with Crippen molar-refractivity contribution in [2.45, 2.75) is 13.1 Å². The van der Waals surface area contributed by atoms with Crippen molar-refractivity contribution in [1.82, 2.24) is 9.80 Å². The van der Waals surface area contributed by atoms with Gasteiger partial charge in [0.2, 0.25) is 0 Å². The second-order valence-corrected chi connectivity index (χ2v) is 6.73. The van der Waals surface area contributed by atoms with Crippen molar-refractivity contribution >= 4 is 11.9 Å². The lowest BCUT2D eigenvalue weighted by atomic mass is 10.00. The normalized spacial score (nSPS) is 11.6. The molecule has 0 aromatic heterocycles. The van der Waals surface area contributed by atoms with Crippen LogP contribution in [0, 0.1) is 0 Å². The van der Waals surface area contributed by atoms with Crippen molar-refractivity contribution in [2.24, 2.45) is 0 Å². The average Bonchev–Trinajstić information content (AvgIpc) is 2.56. The Balaban J connectivity index is 2.34. The Bertz CT molecular complexity index is 719. The van der Waals surface area contributed by atoms with Crippen molar-refractivity contribution in [3.63, 3.8) is 0 Å². The third-order valence-electron chi connectivity index (χ3n) is 3.75. The summed E-state index contributed by atoms with van der Waals surface area (Å²) in [5.41, 5.74) is 3.11. The molecular formula is C21H26N2O2. The third kappa shape index (κ3) is 5.55. The summed E-state index contributed by atoms with van der Waals surface area (Å²) in [6, 6.07) is 13.3. The van der Waals surface area contributed by atoms with E-state index in [4.69, 9.17) is 0 Å². The average molecular weight is 338 g/mol. The number of carbonyl (C=O) groups excluding carboxylic acids is 1. The van der Waals surface area contributed by atoms with E-state index in [1.165, 1.54) is 0 Å². The molecule has 2 aromatic carbocycles. The van der Waals surface area contributed by atoms with Gasteiger partial charge in [-0.15, -0.1) is 0 Å². The summed E-state index contributed by atoms with van der Waals surface area (Å²) in [4.78, 5) is 16.6. The molecule has 0 saturated carbocycles. The van der Waals surface area contributed by atoms with Crippen LogP contribution in [0.15, 0.2) is 48.5 Å². The number of phenolic OH excluding ortho intramolecular Hbond substituents is 1. The maximum atomic E-state index is 12.6. The number of hydrogen-bond acceptors (Lipinski definition) is 4. The molecule has 0 radical (unpaired) electrons. The molecule has 25 heavy (non-hydrogen) atoms. The first-order valence-electron chi connectivity index (χ1n) is 8.28. The van der Waals surface area contributed by atoms with Crippen LogP contribution in [-0.4, -0.2) is 48.9 Å². The molecule has 1 N–H and O–H groups in total. The lowest BCUT2D eigenvalue weighted by Gasteiger charge is -2.17. The fourth-order valence-corrected chi connectivity index (χ4v) is 2.66. The Morgan fingerprint density at radius 3 is 1.96 bits per heavy atom. The summed E-state index contributed by atoms with van der Waals surface area (Å²) in [6.45, 7) is 1.16. The number of hydrogen-bond donors (Lipinski definition) is 1. The summed E-state index contributed by atoms with van der Waals surface area (Å²) in [6.07, 6.45) is 3.40. The highest BCUT2D eigenvalue weighted by Gasteiger charge is 2.14. The topological polar surface area (TPSA) is 43.8 Å². The number of aromatic hydroxyl groups is 1. The zero-order chi connectivity index (χ0) is 18.4. The predicted molar refractivity (Wildman–Crippen MR) is 103 cm³/mol. The maximum absolute atomic E-state index is 12.6. The molecule has 0 unspecified atom stereocenters. The lowest BCUT2D eigenvalue weighted by molar-refractivity contribution is 0.104. The van der Waals surface area contributed by atoms with Crippen LogP contribution in [0.1, 0.15) is 27.0 Å². The smallest absolute Gasteiger partial charge is 0.185 e. The van der Waals surface area contributed by atoms with Crippen LogP contribution in [0.3, 0.4) is 0 Å². The van der Waals surface area contributed by atoms with Crippen molar-refractivity contribution in [1.29, 1.82) is 0 Å². The highest BCUT2D eigenvalue weighted by atomic mass is 16.3. The van der Waals surface area contributed by atoms with Crippen LogP contribution in [0.5, 0.6) is 5.75 Å². The van der Waals surface area contributed by atoms with Crippen LogP contribution in [0.4, 0.5) is 0 Å². The van der Waals surface area contributed by atoms with E-state index in [1.807, 2.05) is 74.4 Å². The van der Waals surface area contributed by atoms with Crippen molar-refractivity contribution in [3.05, 3.63) is 70.8 Å². The molecule has 0 aliphatic carbocycles. The second-order valence-electron chi connectivity index (χ2n) is 6.73. The SMILES string of the molecule is CN(C)Cc1cc(C(=O)/C=C\c2ccccc2)cc(CN(C)C)c1O. The van der Waals surface area contributed by atoms with Crippen LogP contribution >= 0.6 is 0 Å². The van der Waals surface area contributed by atoms with E-state index in [2.05, 4.69) is 0 Å². The van der Waals surface area contributed by atoms with E-state index in [1.54, 1.807) is 18.2 Å². The van der Waals surface area contributed by atoms with Gasteiger partial charge in [-0.05, 0) is 52.0 Å².